The van der Waals surface area contributed by atoms with Crippen LogP contribution in [0.15, 0.2) is 0 Å². The van der Waals surface area contributed by atoms with Crippen LogP contribution in [0.25, 0.3) is 0 Å². The van der Waals surface area contributed by atoms with E-state index in [4.69, 9.17) is 20.4 Å². The second-order valence-electron chi connectivity index (χ2n) is 2.60. The lowest BCUT2D eigenvalue weighted by molar-refractivity contribution is -0.0831. The Morgan fingerprint density at radius 3 is 2.27 bits per heavy atom. The Kier molecular flexibility index (Phi) is 2.80. The van der Waals surface area contributed by atoms with Crippen molar-refractivity contribution in [2.24, 2.45) is 0 Å². The minimum Gasteiger partial charge on any atom is -0.394 e. The second kappa shape index (κ2) is 3.46. The molecule has 4 atom stereocenters. The molecule has 1 fully saturated rings. The van der Waals surface area contributed by atoms with Crippen LogP contribution in [0.1, 0.15) is 0 Å². The van der Waals surface area contributed by atoms with Crippen molar-refractivity contribution in [2.75, 3.05) is 13.2 Å². The molecule has 1 aliphatic rings. The lowest BCUT2D eigenvalue weighted by atomic mass is 10.1. The number of epoxide rings is 1. The smallest absolute Gasteiger partial charge is 0.111 e. The van der Waals surface area contributed by atoms with Gasteiger partial charge in [-0.3, -0.25) is 0 Å². The highest BCUT2D eigenvalue weighted by Gasteiger charge is 2.38. The van der Waals surface area contributed by atoms with E-state index in [-0.39, 0.29) is 6.10 Å². The van der Waals surface area contributed by atoms with E-state index in [2.05, 4.69) is 4.74 Å². The third kappa shape index (κ3) is 2.11. The van der Waals surface area contributed by atoms with Gasteiger partial charge in [-0.15, -0.1) is 0 Å². The number of ether oxygens (including phenoxy) is 1. The monoisotopic (exact) mass is 164 g/mol. The molecule has 0 aromatic heterocycles. The number of aliphatic hydroxyl groups excluding tert-OH is 4. The van der Waals surface area contributed by atoms with Gasteiger partial charge in [0.2, 0.25) is 0 Å². The Morgan fingerprint density at radius 2 is 1.91 bits per heavy atom. The summed E-state index contributed by atoms with van der Waals surface area (Å²) in [6.07, 6.45) is -4.11. The van der Waals surface area contributed by atoms with Gasteiger partial charge in [-0.25, -0.2) is 0 Å². The average molecular weight is 164 g/mol. The van der Waals surface area contributed by atoms with Gasteiger partial charge in [0.05, 0.1) is 13.2 Å². The molecule has 5 nitrogen and oxygen atoms in total. The van der Waals surface area contributed by atoms with E-state index in [0.29, 0.717) is 6.61 Å². The first-order chi connectivity index (χ1) is 5.16. The molecule has 0 bridgehead atoms. The van der Waals surface area contributed by atoms with Crippen LogP contribution in [0.3, 0.4) is 0 Å². The molecule has 0 spiro atoms. The van der Waals surface area contributed by atoms with Gasteiger partial charge in [0.1, 0.15) is 24.4 Å². The molecule has 66 valence electrons. The van der Waals surface area contributed by atoms with Crippen molar-refractivity contribution >= 4 is 0 Å². The normalized spacial score (nSPS) is 31.1. The summed E-state index contributed by atoms with van der Waals surface area (Å²) in [4.78, 5) is 0. The molecule has 1 saturated heterocycles. The zero-order chi connectivity index (χ0) is 8.43. The van der Waals surface area contributed by atoms with Gasteiger partial charge < -0.3 is 25.2 Å². The van der Waals surface area contributed by atoms with Gasteiger partial charge in [-0.05, 0) is 0 Å². The molecule has 1 rings (SSSR count). The number of rotatable bonds is 4. The van der Waals surface area contributed by atoms with Crippen LogP contribution in [-0.4, -0.2) is 58.1 Å². The topological polar surface area (TPSA) is 93.5 Å². The maximum Gasteiger partial charge on any atom is 0.111 e. The van der Waals surface area contributed by atoms with Gasteiger partial charge in [-0.2, -0.15) is 0 Å². The summed E-state index contributed by atoms with van der Waals surface area (Å²) in [5.41, 5.74) is 0. The van der Waals surface area contributed by atoms with E-state index in [9.17, 15) is 0 Å². The maximum atomic E-state index is 9.11. The zero-order valence-corrected chi connectivity index (χ0v) is 5.92. The van der Waals surface area contributed by atoms with Crippen LogP contribution in [0.2, 0.25) is 0 Å². The van der Waals surface area contributed by atoms with Crippen molar-refractivity contribution in [3.63, 3.8) is 0 Å². The van der Waals surface area contributed by atoms with Gasteiger partial charge in [0, 0.05) is 0 Å². The third-order valence-corrected chi connectivity index (χ3v) is 1.67. The van der Waals surface area contributed by atoms with Crippen LogP contribution in [0, 0.1) is 0 Å². The molecule has 0 aromatic carbocycles. The Labute approximate surface area is 63.8 Å². The summed E-state index contributed by atoms with van der Waals surface area (Å²) in [6, 6.07) is 0. The summed E-state index contributed by atoms with van der Waals surface area (Å²) in [7, 11) is 0. The summed E-state index contributed by atoms with van der Waals surface area (Å²) in [6.45, 7) is -0.165. The molecule has 0 aliphatic carbocycles. The molecular formula is C6H12O5. The molecule has 1 heterocycles. The van der Waals surface area contributed by atoms with Crippen molar-refractivity contribution < 1.29 is 25.2 Å². The van der Waals surface area contributed by atoms with E-state index < -0.39 is 24.9 Å². The quantitative estimate of drug-likeness (QED) is 0.343. The van der Waals surface area contributed by atoms with Crippen molar-refractivity contribution in [1.29, 1.82) is 0 Å². The zero-order valence-electron chi connectivity index (χ0n) is 5.92. The molecule has 0 amide bonds. The van der Waals surface area contributed by atoms with Crippen LogP contribution in [0.5, 0.6) is 0 Å². The van der Waals surface area contributed by atoms with E-state index in [1.54, 1.807) is 0 Å². The summed E-state index contributed by atoms with van der Waals surface area (Å²) in [5, 5.41) is 35.4. The fourth-order valence-electron chi connectivity index (χ4n) is 0.808. The standard InChI is InChI=1S/C6H12O5/c7-1-3(8)5(9)6(10)4-2-11-4/h3-10H,1-2H2/t3-,4-,5-,6-/m1/s1. The molecular weight excluding hydrogens is 152 g/mol. The molecule has 0 saturated carbocycles. The summed E-state index contributed by atoms with van der Waals surface area (Å²) in [5.74, 6) is 0. The fourth-order valence-corrected chi connectivity index (χ4v) is 0.808. The third-order valence-electron chi connectivity index (χ3n) is 1.67. The second-order valence-corrected chi connectivity index (χ2v) is 2.60. The highest BCUT2D eigenvalue weighted by atomic mass is 16.6. The number of hydrogen-bond donors (Lipinski definition) is 4. The Morgan fingerprint density at radius 1 is 1.36 bits per heavy atom. The molecule has 5 heteroatoms. The highest BCUT2D eigenvalue weighted by Crippen LogP contribution is 2.17. The molecule has 4 N–H and O–H groups in total. The number of aliphatic hydroxyl groups is 4. The summed E-state index contributed by atoms with van der Waals surface area (Å²) < 4.78 is 4.68. The average Bonchev–Trinajstić information content (AvgIpc) is 2.82. The minimum atomic E-state index is -1.33. The largest absolute Gasteiger partial charge is 0.394 e. The van der Waals surface area contributed by atoms with Crippen molar-refractivity contribution in [2.45, 2.75) is 24.4 Å². The highest BCUT2D eigenvalue weighted by molar-refractivity contribution is 4.87. The van der Waals surface area contributed by atoms with E-state index in [1.807, 2.05) is 0 Å². The van der Waals surface area contributed by atoms with E-state index >= 15 is 0 Å². The predicted molar refractivity (Wildman–Crippen MR) is 34.8 cm³/mol. The summed E-state index contributed by atoms with van der Waals surface area (Å²) >= 11 is 0. The van der Waals surface area contributed by atoms with Crippen LogP contribution in [0.4, 0.5) is 0 Å². The van der Waals surface area contributed by atoms with Crippen LogP contribution in [-0.2, 0) is 4.74 Å². The molecule has 0 aromatic rings. The minimum absolute atomic E-state index is 0.383. The van der Waals surface area contributed by atoms with E-state index in [0.717, 1.165) is 0 Å². The molecule has 0 radical (unpaired) electrons. The first kappa shape index (κ1) is 8.89. The lowest BCUT2D eigenvalue weighted by Crippen LogP contribution is -2.42. The molecule has 1 aliphatic heterocycles. The first-order valence-electron chi connectivity index (χ1n) is 3.43. The van der Waals surface area contributed by atoms with Crippen molar-refractivity contribution in [1.82, 2.24) is 0 Å². The van der Waals surface area contributed by atoms with E-state index in [1.165, 1.54) is 0 Å². The fraction of sp³-hybridized carbons (Fsp3) is 1.00. The Bertz CT molecular complexity index is 124. The van der Waals surface area contributed by atoms with Gasteiger partial charge in [0.25, 0.3) is 0 Å². The number of hydrogen-bond acceptors (Lipinski definition) is 5. The van der Waals surface area contributed by atoms with Gasteiger partial charge >= 0.3 is 0 Å². The maximum absolute atomic E-state index is 9.11. The SMILES string of the molecule is OC[C@@H](O)[C@@H](O)[C@H](O)[C@H]1CO1. The predicted octanol–water partition coefficient (Wildman–Crippen LogP) is -2.54. The molecule has 11 heavy (non-hydrogen) atoms. The van der Waals surface area contributed by atoms with Gasteiger partial charge in [0.15, 0.2) is 0 Å². The van der Waals surface area contributed by atoms with Crippen molar-refractivity contribution in [3.05, 3.63) is 0 Å². The van der Waals surface area contributed by atoms with Gasteiger partial charge in [-0.1, -0.05) is 0 Å². The van der Waals surface area contributed by atoms with Crippen LogP contribution >= 0.6 is 0 Å². The first-order valence-corrected chi connectivity index (χ1v) is 3.43. The Hall–Kier alpha value is -0.200. The Balaban J connectivity index is 2.31. The van der Waals surface area contributed by atoms with Crippen LogP contribution < -0.4 is 0 Å². The lowest BCUT2D eigenvalue weighted by Gasteiger charge is -2.19. The van der Waals surface area contributed by atoms with Crippen molar-refractivity contribution in [3.8, 4) is 0 Å². The molecule has 0 unspecified atom stereocenters.